The van der Waals surface area contributed by atoms with Gasteiger partial charge in [-0.3, -0.25) is 0 Å². The average Bonchev–Trinajstić information content (AvgIpc) is 2.56. The molecule has 0 saturated heterocycles. The van der Waals surface area contributed by atoms with Crippen molar-refractivity contribution < 1.29 is 9.15 Å². The molecular weight excluding hydrogens is 190 g/mol. The Hall–Kier alpha value is -1.51. The fourth-order valence-electron chi connectivity index (χ4n) is 1.88. The summed E-state index contributed by atoms with van der Waals surface area (Å²) in [5, 5.41) is 0. The minimum Gasteiger partial charge on any atom is -0.497 e. The Kier molecular flexibility index (Phi) is 1.91. The van der Waals surface area contributed by atoms with Crippen LogP contribution in [-0.4, -0.2) is 12.1 Å². The van der Waals surface area contributed by atoms with Gasteiger partial charge in [0.2, 0.25) is 0 Å². The maximum atomic E-state index is 5.72. The van der Waals surface area contributed by atoms with Crippen LogP contribution in [0.15, 0.2) is 22.6 Å². The van der Waals surface area contributed by atoms with E-state index in [1.54, 1.807) is 7.11 Å². The minimum atomic E-state index is 0.545. The van der Waals surface area contributed by atoms with Gasteiger partial charge in [-0.25, -0.2) is 4.98 Å². The van der Waals surface area contributed by atoms with E-state index in [1.807, 2.05) is 18.2 Å². The minimum absolute atomic E-state index is 0.545. The summed E-state index contributed by atoms with van der Waals surface area (Å²) in [5.41, 5.74) is 1.76. The molecule has 1 heterocycles. The normalized spacial score (nSPS) is 16.6. The lowest BCUT2D eigenvalue weighted by Gasteiger charge is -2.21. The molecule has 0 unspecified atom stereocenters. The third-order valence-corrected chi connectivity index (χ3v) is 3.07. The number of rotatable bonds is 2. The smallest absolute Gasteiger partial charge is 0.198 e. The molecule has 0 N–H and O–H groups in total. The Morgan fingerprint density at radius 1 is 1.40 bits per heavy atom. The molecule has 1 aromatic carbocycles. The molecule has 1 fully saturated rings. The average molecular weight is 203 g/mol. The van der Waals surface area contributed by atoms with Crippen LogP contribution in [0.5, 0.6) is 5.75 Å². The molecule has 15 heavy (non-hydrogen) atoms. The van der Waals surface area contributed by atoms with Crippen LogP contribution in [0.1, 0.15) is 31.1 Å². The van der Waals surface area contributed by atoms with Gasteiger partial charge in [-0.1, -0.05) is 6.42 Å². The van der Waals surface area contributed by atoms with Gasteiger partial charge in [0.25, 0.3) is 0 Å². The van der Waals surface area contributed by atoms with Gasteiger partial charge in [-0.15, -0.1) is 0 Å². The number of hydrogen-bond acceptors (Lipinski definition) is 3. The highest BCUT2D eigenvalue weighted by atomic mass is 16.5. The highest BCUT2D eigenvalue weighted by molar-refractivity contribution is 5.74. The summed E-state index contributed by atoms with van der Waals surface area (Å²) in [7, 11) is 1.66. The molecule has 0 bridgehead atoms. The number of nitrogens with zero attached hydrogens (tertiary/aromatic N) is 1. The van der Waals surface area contributed by atoms with Crippen molar-refractivity contribution in [2.24, 2.45) is 0 Å². The molecule has 1 aliphatic rings. The Balaban J connectivity index is 2.04. The highest BCUT2D eigenvalue weighted by Gasteiger charge is 2.24. The van der Waals surface area contributed by atoms with Crippen LogP contribution < -0.4 is 4.74 Å². The molecule has 0 amide bonds. The maximum absolute atomic E-state index is 5.72. The second-order valence-electron chi connectivity index (χ2n) is 4.01. The third kappa shape index (κ3) is 1.39. The van der Waals surface area contributed by atoms with Crippen LogP contribution in [0.3, 0.4) is 0 Å². The predicted molar refractivity (Wildman–Crippen MR) is 57.2 cm³/mol. The van der Waals surface area contributed by atoms with Gasteiger partial charge in [0, 0.05) is 12.0 Å². The SMILES string of the molecule is COc1ccc2nc(C3CCC3)oc2c1. The van der Waals surface area contributed by atoms with Gasteiger partial charge in [0.1, 0.15) is 11.3 Å². The first kappa shape index (κ1) is 8.77. The van der Waals surface area contributed by atoms with Gasteiger partial charge in [-0.05, 0) is 25.0 Å². The molecule has 78 valence electrons. The molecule has 3 heteroatoms. The van der Waals surface area contributed by atoms with Crippen LogP contribution in [0, 0.1) is 0 Å². The van der Waals surface area contributed by atoms with Crippen molar-refractivity contribution in [1.29, 1.82) is 0 Å². The van der Waals surface area contributed by atoms with E-state index in [0.29, 0.717) is 5.92 Å². The lowest BCUT2D eigenvalue weighted by molar-refractivity contribution is 0.343. The van der Waals surface area contributed by atoms with Crippen molar-refractivity contribution in [3.63, 3.8) is 0 Å². The van der Waals surface area contributed by atoms with Gasteiger partial charge >= 0.3 is 0 Å². The van der Waals surface area contributed by atoms with Crippen molar-refractivity contribution in [3.8, 4) is 5.75 Å². The molecule has 1 aliphatic carbocycles. The molecule has 1 aromatic heterocycles. The van der Waals surface area contributed by atoms with E-state index in [1.165, 1.54) is 19.3 Å². The van der Waals surface area contributed by atoms with Crippen molar-refractivity contribution in [3.05, 3.63) is 24.1 Å². The second-order valence-corrected chi connectivity index (χ2v) is 4.01. The molecule has 0 aliphatic heterocycles. The summed E-state index contributed by atoms with van der Waals surface area (Å²) in [6.45, 7) is 0. The molecule has 3 nitrogen and oxygen atoms in total. The van der Waals surface area contributed by atoms with E-state index in [-0.39, 0.29) is 0 Å². The lowest BCUT2D eigenvalue weighted by Crippen LogP contribution is -2.08. The molecular formula is C12H13NO2. The van der Waals surface area contributed by atoms with Crippen molar-refractivity contribution in [1.82, 2.24) is 4.98 Å². The maximum Gasteiger partial charge on any atom is 0.198 e. The predicted octanol–water partition coefficient (Wildman–Crippen LogP) is 3.10. The first-order valence-corrected chi connectivity index (χ1v) is 5.31. The summed E-state index contributed by atoms with van der Waals surface area (Å²) in [5.74, 6) is 2.26. The third-order valence-electron chi connectivity index (χ3n) is 3.07. The molecule has 2 aromatic rings. The Bertz CT molecular complexity index is 485. The quantitative estimate of drug-likeness (QED) is 0.752. The zero-order chi connectivity index (χ0) is 10.3. The zero-order valence-corrected chi connectivity index (χ0v) is 8.69. The molecule has 0 radical (unpaired) electrons. The van der Waals surface area contributed by atoms with Gasteiger partial charge < -0.3 is 9.15 Å². The first-order chi connectivity index (χ1) is 7.36. The Labute approximate surface area is 88.1 Å². The van der Waals surface area contributed by atoms with Gasteiger partial charge in [0.15, 0.2) is 11.5 Å². The zero-order valence-electron chi connectivity index (χ0n) is 8.69. The summed E-state index contributed by atoms with van der Waals surface area (Å²) in [6, 6.07) is 5.75. The second kappa shape index (κ2) is 3.26. The number of hydrogen-bond donors (Lipinski definition) is 0. The van der Waals surface area contributed by atoms with Gasteiger partial charge in [-0.2, -0.15) is 0 Å². The van der Waals surface area contributed by atoms with Crippen LogP contribution in [0.2, 0.25) is 0 Å². The standard InChI is InChI=1S/C12H13NO2/c1-14-9-5-6-10-11(7-9)15-12(13-10)8-3-2-4-8/h5-8H,2-4H2,1H3. The molecule has 3 rings (SSSR count). The van der Waals surface area contributed by atoms with Gasteiger partial charge in [0.05, 0.1) is 7.11 Å². The fraction of sp³-hybridized carbons (Fsp3) is 0.417. The largest absolute Gasteiger partial charge is 0.497 e. The number of methoxy groups -OCH3 is 1. The summed E-state index contributed by atoms with van der Waals surface area (Å²) >= 11 is 0. The number of oxazole rings is 1. The van der Waals surface area contributed by atoms with E-state index < -0.39 is 0 Å². The summed E-state index contributed by atoms with van der Waals surface area (Å²) < 4.78 is 10.9. The van der Waals surface area contributed by atoms with E-state index in [9.17, 15) is 0 Å². The number of benzene rings is 1. The molecule has 1 saturated carbocycles. The van der Waals surface area contributed by atoms with Crippen molar-refractivity contribution in [2.75, 3.05) is 7.11 Å². The topological polar surface area (TPSA) is 35.3 Å². The summed E-state index contributed by atoms with van der Waals surface area (Å²) in [4.78, 5) is 4.49. The van der Waals surface area contributed by atoms with Crippen LogP contribution >= 0.6 is 0 Å². The van der Waals surface area contributed by atoms with Crippen molar-refractivity contribution >= 4 is 11.1 Å². The fourth-order valence-corrected chi connectivity index (χ4v) is 1.88. The van der Waals surface area contributed by atoms with Crippen LogP contribution in [0.4, 0.5) is 0 Å². The highest BCUT2D eigenvalue weighted by Crippen LogP contribution is 2.37. The Morgan fingerprint density at radius 3 is 2.93 bits per heavy atom. The monoisotopic (exact) mass is 203 g/mol. The van der Waals surface area contributed by atoms with E-state index in [2.05, 4.69) is 4.98 Å². The Morgan fingerprint density at radius 2 is 2.27 bits per heavy atom. The number of fused-ring (bicyclic) bond motifs is 1. The van der Waals surface area contributed by atoms with E-state index in [0.717, 1.165) is 22.7 Å². The number of ether oxygens (including phenoxy) is 1. The van der Waals surface area contributed by atoms with E-state index in [4.69, 9.17) is 9.15 Å². The van der Waals surface area contributed by atoms with Crippen molar-refractivity contribution in [2.45, 2.75) is 25.2 Å². The lowest BCUT2D eigenvalue weighted by atomic mass is 9.85. The molecule has 0 atom stereocenters. The first-order valence-electron chi connectivity index (χ1n) is 5.31. The molecule has 0 spiro atoms. The summed E-state index contributed by atoms with van der Waals surface area (Å²) in [6.07, 6.45) is 3.72. The van der Waals surface area contributed by atoms with Crippen LogP contribution in [0.25, 0.3) is 11.1 Å². The van der Waals surface area contributed by atoms with E-state index >= 15 is 0 Å². The number of aromatic nitrogens is 1. The van der Waals surface area contributed by atoms with Crippen LogP contribution in [-0.2, 0) is 0 Å².